The first-order valence-corrected chi connectivity index (χ1v) is 7.31. The Hall–Kier alpha value is -1.39. The number of halogens is 1. The Balaban J connectivity index is 2.20. The maximum Gasteiger partial charge on any atom is 0.129 e. The molecule has 2 aromatic heterocycles. The summed E-state index contributed by atoms with van der Waals surface area (Å²) in [7, 11) is 0. The summed E-state index contributed by atoms with van der Waals surface area (Å²) in [4.78, 5) is 11.1. The lowest BCUT2D eigenvalue weighted by Crippen LogP contribution is -2.45. The molecule has 0 amide bonds. The van der Waals surface area contributed by atoms with E-state index in [0.717, 1.165) is 28.7 Å². The van der Waals surface area contributed by atoms with Gasteiger partial charge in [-0.15, -0.1) is 0 Å². The van der Waals surface area contributed by atoms with Gasteiger partial charge < -0.3 is 10.0 Å². The summed E-state index contributed by atoms with van der Waals surface area (Å²) >= 11 is 6.03. The molecule has 1 N–H and O–H groups in total. The zero-order valence-corrected chi connectivity index (χ0v) is 12.4. The molecular formula is C15H18ClN3O. The Labute approximate surface area is 123 Å². The number of anilines is 1. The Morgan fingerprint density at radius 2 is 2.20 bits per heavy atom. The zero-order chi connectivity index (χ0) is 14.3. The van der Waals surface area contributed by atoms with E-state index in [1.165, 1.54) is 6.42 Å². The van der Waals surface area contributed by atoms with E-state index in [9.17, 15) is 5.11 Å². The van der Waals surface area contributed by atoms with Gasteiger partial charge in [-0.3, -0.25) is 4.98 Å². The molecule has 1 saturated heterocycles. The van der Waals surface area contributed by atoms with Crippen LogP contribution in [0.1, 0.15) is 31.9 Å². The monoisotopic (exact) mass is 291 g/mol. The minimum atomic E-state index is -0.0150. The van der Waals surface area contributed by atoms with E-state index in [4.69, 9.17) is 11.6 Å². The predicted molar refractivity (Wildman–Crippen MR) is 81.5 cm³/mol. The third-order valence-electron chi connectivity index (χ3n) is 4.12. The van der Waals surface area contributed by atoms with Crippen LogP contribution >= 0.6 is 11.6 Å². The van der Waals surface area contributed by atoms with Gasteiger partial charge in [-0.25, -0.2) is 4.98 Å². The van der Waals surface area contributed by atoms with E-state index < -0.39 is 0 Å². The number of pyridine rings is 2. The van der Waals surface area contributed by atoms with Gasteiger partial charge in [0.15, 0.2) is 0 Å². The van der Waals surface area contributed by atoms with Gasteiger partial charge in [-0.05, 0) is 19.4 Å². The van der Waals surface area contributed by atoms with Crippen molar-refractivity contribution in [2.45, 2.75) is 32.2 Å². The molecule has 1 fully saturated rings. The van der Waals surface area contributed by atoms with Crippen molar-refractivity contribution in [2.24, 2.45) is 0 Å². The molecule has 0 radical (unpaired) electrons. The molecule has 0 bridgehead atoms. The Morgan fingerprint density at radius 3 is 2.80 bits per heavy atom. The van der Waals surface area contributed by atoms with Gasteiger partial charge in [0.2, 0.25) is 0 Å². The fraction of sp³-hybridized carbons (Fsp3) is 0.467. The van der Waals surface area contributed by atoms with Crippen molar-refractivity contribution in [2.75, 3.05) is 18.1 Å². The second-order valence-electron chi connectivity index (χ2n) is 5.50. The largest absolute Gasteiger partial charge is 0.396 e. The number of hydrogen-bond acceptors (Lipinski definition) is 4. The number of hydrogen-bond donors (Lipinski definition) is 1. The topological polar surface area (TPSA) is 49.3 Å². The van der Waals surface area contributed by atoms with E-state index >= 15 is 0 Å². The number of aliphatic hydroxyl groups excluding tert-OH is 1. The van der Waals surface area contributed by atoms with E-state index in [0.29, 0.717) is 11.2 Å². The zero-order valence-electron chi connectivity index (χ0n) is 11.7. The summed E-state index contributed by atoms with van der Waals surface area (Å²) in [5, 5.41) is 11.9. The van der Waals surface area contributed by atoms with E-state index in [-0.39, 0.29) is 12.5 Å². The van der Waals surface area contributed by atoms with Crippen LogP contribution < -0.4 is 4.90 Å². The van der Waals surface area contributed by atoms with Crippen molar-refractivity contribution >= 4 is 28.1 Å². The number of rotatable bonds is 3. The van der Waals surface area contributed by atoms with Crippen LogP contribution in [0.5, 0.6) is 0 Å². The first kappa shape index (κ1) is 13.6. The average Bonchev–Trinajstić information content (AvgIpc) is 2.44. The van der Waals surface area contributed by atoms with Crippen LogP contribution in [0.2, 0.25) is 5.15 Å². The Morgan fingerprint density at radius 1 is 1.40 bits per heavy atom. The van der Waals surface area contributed by atoms with Crippen LogP contribution in [0.25, 0.3) is 10.8 Å². The van der Waals surface area contributed by atoms with Crippen molar-refractivity contribution in [3.63, 3.8) is 0 Å². The molecule has 4 nitrogen and oxygen atoms in total. The Bertz CT molecular complexity index is 646. The lowest BCUT2D eigenvalue weighted by molar-refractivity contribution is 0.272. The fourth-order valence-electron chi connectivity index (χ4n) is 2.70. The SMILES string of the molecule is CC(CO)c1ncc(N2CCC2C)c2cnc(Cl)cc12. The quantitative estimate of drug-likeness (QED) is 0.883. The molecule has 0 aliphatic carbocycles. The molecule has 0 saturated carbocycles. The predicted octanol–water partition coefficient (Wildman–Crippen LogP) is 2.98. The van der Waals surface area contributed by atoms with Crippen LogP contribution in [-0.4, -0.2) is 34.3 Å². The number of fused-ring (bicyclic) bond motifs is 1. The molecule has 1 aliphatic heterocycles. The molecule has 106 valence electrons. The highest BCUT2D eigenvalue weighted by molar-refractivity contribution is 6.30. The smallest absolute Gasteiger partial charge is 0.129 e. The van der Waals surface area contributed by atoms with Crippen LogP contribution in [0.15, 0.2) is 18.5 Å². The third kappa shape index (κ3) is 2.13. The summed E-state index contributed by atoms with van der Waals surface area (Å²) in [6.07, 6.45) is 4.92. The van der Waals surface area contributed by atoms with Crippen molar-refractivity contribution in [1.82, 2.24) is 9.97 Å². The van der Waals surface area contributed by atoms with E-state index in [1.54, 1.807) is 0 Å². The van der Waals surface area contributed by atoms with Gasteiger partial charge in [0, 0.05) is 35.5 Å². The second-order valence-corrected chi connectivity index (χ2v) is 5.88. The molecule has 2 atom stereocenters. The summed E-state index contributed by atoms with van der Waals surface area (Å²) in [6, 6.07) is 2.39. The van der Waals surface area contributed by atoms with Crippen molar-refractivity contribution in [3.8, 4) is 0 Å². The standard InChI is InChI=1S/C15H18ClN3O/c1-9(8-20)15-11-5-14(16)17-6-12(11)13(7-18-15)19-4-3-10(19)2/h5-7,9-10,20H,3-4,8H2,1-2H3. The van der Waals surface area contributed by atoms with Gasteiger partial charge >= 0.3 is 0 Å². The Kier molecular flexibility index (Phi) is 3.52. The highest BCUT2D eigenvalue weighted by Crippen LogP contribution is 2.35. The van der Waals surface area contributed by atoms with Crippen LogP contribution in [-0.2, 0) is 0 Å². The molecular weight excluding hydrogens is 274 g/mol. The maximum atomic E-state index is 9.40. The van der Waals surface area contributed by atoms with E-state index in [1.807, 2.05) is 25.4 Å². The number of nitrogens with zero attached hydrogens (tertiary/aromatic N) is 3. The minimum absolute atomic E-state index is 0.0150. The minimum Gasteiger partial charge on any atom is -0.396 e. The molecule has 0 spiro atoms. The maximum absolute atomic E-state index is 9.40. The molecule has 1 aliphatic rings. The molecule has 20 heavy (non-hydrogen) atoms. The summed E-state index contributed by atoms with van der Waals surface area (Å²) < 4.78 is 0. The third-order valence-corrected chi connectivity index (χ3v) is 4.33. The lowest BCUT2D eigenvalue weighted by Gasteiger charge is -2.41. The normalized spacial score (nSPS) is 20.0. The van der Waals surface area contributed by atoms with Crippen LogP contribution in [0, 0.1) is 0 Å². The van der Waals surface area contributed by atoms with Gasteiger partial charge in [0.25, 0.3) is 0 Å². The first-order chi connectivity index (χ1) is 9.61. The summed E-state index contributed by atoms with van der Waals surface area (Å²) in [5.74, 6) is -0.0150. The second kappa shape index (κ2) is 5.19. The summed E-state index contributed by atoms with van der Waals surface area (Å²) in [5.41, 5.74) is 1.99. The van der Waals surface area contributed by atoms with Gasteiger partial charge in [-0.2, -0.15) is 0 Å². The molecule has 0 aromatic carbocycles. The first-order valence-electron chi connectivity index (χ1n) is 6.93. The van der Waals surface area contributed by atoms with Gasteiger partial charge in [0.05, 0.1) is 24.2 Å². The molecule has 3 rings (SSSR count). The molecule has 2 unspecified atom stereocenters. The average molecular weight is 292 g/mol. The lowest BCUT2D eigenvalue weighted by atomic mass is 9.98. The number of aromatic nitrogens is 2. The van der Waals surface area contributed by atoms with Crippen LogP contribution in [0.3, 0.4) is 0 Å². The highest BCUT2D eigenvalue weighted by atomic mass is 35.5. The number of aliphatic hydroxyl groups is 1. The van der Waals surface area contributed by atoms with Gasteiger partial charge in [-0.1, -0.05) is 18.5 Å². The molecule has 2 aromatic rings. The van der Waals surface area contributed by atoms with E-state index in [2.05, 4.69) is 21.8 Å². The van der Waals surface area contributed by atoms with Crippen LogP contribution in [0.4, 0.5) is 5.69 Å². The fourth-order valence-corrected chi connectivity index (χ4v) is 2.86. The highest BCUT2D eigenvalue weighted by Gasteiger charge is 2.26. The molecule has 5 heteroatoms. The molecule has 3 heterocycles. The summed E-state index contributed by atoms with van der Waals surface area (Å²) in [6.45, 7) is 5.29. The van der Waals surface area contributed by atoms with Gasteiger partial charge in [0.1, 0.15) is 5.15 Å². The van der Waals surface area contributed by atoms with Crippen molar-refractivity contribution in [3.05, 3.63) is 29.3 Å². The van der Waals surface area contributed by atoms with Crippen molar-refractivity contribution in [1.29, 1.82) is 0 Å². The van der Waals surface area contributed by atoms with Crippen molar-refractivity contribution < 1.29 is 5.11 Å².